The van der Waals surface area contributed by atoms with Crippen molar-refractivity contribution in [2.24, 2.45) is 0 Å². The quantitative estimate of drug-likeness (QED) is 0.309. The Balaban J connectivity index is 1.50. The molecule has 1 aliphatic heterocycles. The molecule has 0 radical (unpaired) electrons. The highest BCUT2D eigenvalue weighted by Crippen LogP contribution is 2.44. The number of benzene rings is 2. The van der Waals surface area contributed by atoms with Gasteiger partial charge in [0.25, 0.3) is 0 Å². The van der Waals surface area contributed by atoms with Gasteiger partial charge in [-0.3, -0.25) is 0 Å². The third kappa shape index (κ3) is 6.61. The van der Waals surface area contributed by atoms with Gasteiger partial charge in [-0.1, -0.05) is 43.0 Å². The van der Waals surface area contributed by atoms with E-state index in [1.807, 2.05) is 32.9 Å². The summed E-state index contributed by atoms with van der Waals surface area (Å²) in [4.78, 5) is 25.0. The maximum atomic E-state index is 12.1. The van der Waals surface area contributed by atoms with E-state index in [0.29, 0.717) is 13.1 Å². The van der Waals surface area contributed by atoms with Crippen molar-refractivity contribution in [2.45, 2.75) is 63.9 Å². The zero-order valence-electron chi connectivity index (χ0n) is 23.9. The van der Waals surface area contributed by atoms with Crippen LogP contribution >= 0.6 is 11.6 Å². The first-order valence-electron chi connectivity index (χ1n) is 14.5. The Labute approximate surface area is 242 Å². The van der Waals surface area contributed by atoms with Crippen LogP contribution in [0.4, 0.5) is 16.3 Å². The normalized spacial score (nSPS) is 17.4. The van der Waals surface area contributed by atoms with Crippen LogP contribution in [0, 0.1) is 0 Å². The van der Waals surface area contributed by atoms with Gasteiger partial charge in [-0.15, -0.1) is 0 Å². The van der Waals surface area contributed by atoms with Gasteiger partial charge in [0, 0.05) is 55.4 Å². The number of nitrogens with one attached hydrogen (secondary N) is 3. The largest absolute Gasteiger partial charge is 0.444 e. The lowest BCUT2D eigenvalue weighted by molar-refractivity contribution is 0.0530. The summed E-state index contributed by atoms with van der Waals surface area (Å²) in [6.07, 6.45) is 5.06. The Bertz CT molecular complexity index is 1310. The molecule has 8 nitrogen and oxygen atoms in total. The summed E-state index contributed by atoms with van der Waals surface area (Å²) in [7, 11) is 0. The summed E-state index contributed by atoms with van der Waals surface area (Å²) in [6, 6.07) is 14.7. The van der Waals surface area contributed by atoms with Crippen molar-refractivity contribution < 1.29 is 9.53 Å². The number of rotatable bonds is 7. The van der Waals surface area contributed by atoms with Crippen LogP contribution in [0.15, 0.2) is 42.5 Å². The number of anilines is 2. The predicted molar refractivity (Wildman–Crippen MR) is 163 cm³/mol. The number of halogens is 1. The molecule has 0 atom stereocenters. The lowest BCUT2D eigenvalue weighted by Crippen LogP contribution is -2.43. The van der Waals surface area contributed by atoms with E-state index in [9.17, 15) is 4.79 Å². The number of carbonyl (C=O) groups is 1. The van der Waals surface area contributed by atoms with Crippen LogP contribution in [0.1, 0.15) is 64.3 Å². The molecule has 1 saturated carbocycles. The van der Waals surface area contributed by atoms with Gasteiger partial charge < -0.3 is 25.6 Å². The van der Waals surface area contributed by atoms with Crippen molar-refractivity contribution in [1.82, 2.24) is 20.6 Å². The van der Waals surface area contributed by atoms with Gasteiger partial charge in [0.2, 0.25) is 0 Å². The van der Waals surface area contributed by atoms with Gasteiger partial charge in [-0.2, -0.15) is 0 Å². The van der Waals surface area contributed by atoms with Crippen LogP contribution < -0.4 is 20.9 Å². The lowest BCUT2D eigenvalue weighted by Gasteiger charge is -2.37. The van der Waals surface area contributed by atoms with Gasteiger partial charge in [0.05, 0.1) is 10.9 Å². The summed E-state index contributed by atoms with van der Waals surface area (Å²) in [6.45, 7) is 10.4. The Morgan fingerprint density at radius 2 is 1.75 bits per heavy atom. The molecule has 214 valence electrons. The molecular formula is C31H41ClN6O2. The molecule has 3 aromatic rings. The van der Waals surface area contributed by atoms with Crippen molar-refractivity contribution in [3.63, 3.8) is 0 Å². The van der Waals surface area contributed by atoms with Crippen molar-refractivity contribution >= 4 is 40.1 Å². The fourth-order valence-corrected chi connectivity index (χ4v) is 5.94. The lowest BCUT2D eigenvalue weighted by atomic mass is 9.68. The van der Waals surface area contributed by atoms with Gasteiger partial charge in [0.15, 0.2) is 0 Å². The molecule has 5 rings (SSSR count). The zero-order valence-corrected chi connectivity index (χ0v) is 24.6. The molecule has 0 spiro atoms. The fraction of sp³-hybridized carbons (Fsp3) is 0.516. The van der Waals surface area contributed by atoms with E-state index < -0.39 is 11.7 Å². The summed E-state index contributed by atoms with van der Waals surface area (Å²) >= 11 is 6.28. The van der Waals surface area contributed by atoms with Gasteiger partial charge in [-0.25, -0.2) is 14.8 Å². The number of hydrogen-bond donors (Lipinski definition) is 3. The fourth-order valence-electron chi connectivity index (χ4n) is 5.81. The topological polar surface area (TPSA) is 91.4 Å². The number of aromatic nitrogens is 2. The zero-order chi connectivity index (χ0) is 28.2. The van der Waals surface area contributed by atoms with E-state index in [1.54, 1.807) is 0 Å². The van der Waals surface area contributed by atoms with Crippen LogP contribution in [-0.4, -0.2) is 60.9 Å². The Morgan fingerprint density at radius 1 is 1.02 bits per heavy atom. The number of nitrogens with zero attached hydrogens (tertiary/aromatic N) is 3. The van der Waals surface area contributed by atoms with Crippen molar-refractivity contribution in [2.75, 3.05) is 49.5 Å². The van der Waals surface area contributed by atoms with E-state index in [2.05, 4.69) is 51.2 Å². The van der Waals surface area contributed by atoms with Gasteiger partial charge >= 0.3 is 6.09 Å². The van der Waals surface area contributed by atoms with E-state index in [4.69, 9.17) is 26.3 Å². The van der Waals surface area contributed by atoms with E-state index in [-0.39, 0.29) is 5.41 Å². The molecule has 2 aromatic carbocycles. The molecule has 0 bridgehead atoms. The van der Waals surface area contributed by atoms with Crippen LogP contribution in [-0.2, 0) is 10.2 Å². The smallest absolute Gasteiger partial charge is 0.407 e. The average molecular weight is 565 g/mol. The maximum Gasteiger partial charge on any atom is 0.407 e. The first-order valence-corrected chi connectivity index (χ1v) is 14.9. The third-order valence-corrected chi connectivity index (χ3v) is 8.03. The molecule has 1 amide bonds. The highest BCUT2D eigenvalue weighted by atomic mass is 35.5. The van der Waals surface area contributed by atoms with Crippen LogP contribution in [0.3, 0.4) is 0 Å². The predicted octanol–water partition coefficient (Wildman–Crippen LogP) is 5.88. The monoisotopic (exact) mass is 564 g/mol. The molecule has 2 aliphatic rings. The minimum atomic E-state index is -0.534. The number of carbonyl (C=O) groups excluding carboxylic acids is 1. The molecule has 1 aliphatic carbocycles. The van der Waals surface area contributed by atoms with Crippen molar-refractivity contribution in [1.29, 1.82) is 0 Å². The summed E-state index contributed by atoms with van der Waals surface area (Å²) in [5, 5.41) is 11.5. The maximum absolute atomic E-state index is 12.1. The first-order chi connectivity index (χ1) is 19.2. The average Bonchev–Trinajstić information content (AvgIpc) is 2.95. The molecule has 0 unspecified atom stereocenters. The second kappa shape index (κ2) is 12.2. The molecule has 1 aromatic heterocycles. The van der Waals surface area contributed by atoms with Gasteiger partial charge in [-0.05, 0) is 69.5 Å². The highest BCUT2D eigenvalue weighted by Gasteiger charge is 2.39. The standard InChI is InChI=1S/C31H41ClN6O2/c1-30(2,3)40-29(39)35-16-15-34-27-25-12-11-24(38-19-17-33-18-20-38)21-26(25)36-28(37-27)31(13-5-4-6-14-31)22-7-9-23(32)10-8-22/h7-12,21,33H,4-6,13-20H2,1-3H3,(H,35,39)(H,34,36,37). The molecule has 2 heterocycles. The number of fused-ring (bicyclic) bond motifs is 1. The third-order valence-electron chi connectivity index (χ3n) is 7.78. The van der Waals surface area contributed by atoms with E-state index in [1.165, 1.54) is 17.7 Å². The van der Waals surface area contributed by atoms with Crippen molar-refractivity contribution in [3.05, 3.63) is 58.9 Å². The second-order valence-corrected chi connectivity index (χ2v) is 12.3. The van der Waals surface area contributed by atoms with E-state index >= 15 is 0 Å². The molecule has 40 heavy (non-hydrogen) atoms. The highest BCUT2D eigenvalue weighted by molar-refractivity contribution is 6.30. The SMILES string of the molecule is CC(C)(C)OC(=O)NCCNc1nc(C2(c3ccc(Cl)cc3)CCCCC2)nc2cc(N3CCNCC3)ccc12. The van der Waals surface area contributed by atoms with E-state index in [0.717, 1.165) is 79.4 Å². The van der Waals surface area contributed by atoms with Crippen molar-refractivity contribution in [3.8, 4) is 0 Å². The van der Waals surface area contributed by atoms with Crippen LogP contribution in [0.25, 0.3) is 10.9 Å². The van der Waals surface area contributed by atoms with Crippen LogP contribution in [0.5, 0.6) is 0 Å². The molecule has 3 N–H and O–H groups in total. The Morgan fingerprint density at radius 3 is 2.45 bits per heavy atom. The summed E-state index contributed by atoms with van der Waals surface area (Å²) in [5.41, 5.74) is 2.52. The number of alkyl carbamates (subject to hydrolysis) is 1. The Kier molecular flexibility index (Phi) is 8.66. The first kappa shape index (κ1) is 28.4. The summed E-state index contributed by atoms with van der Waals surface area (Å²) < 4.78 is 5.38. The van der Waals surface area contributed by atoms with Crippen LogP contribution in [0.2, 0.25) is 5.02 Å². The molecule has 1 saturated heterocycles. The second-order valence-electron chi connectivity index (χ2n) is 11.8. The number of hydrogen-bond acceptors (Lipinski definition) is 7. The molecule has 9 heteroatoms. The number of ether oxygens (including phenoxy) is 1. The molecule has 2 fully saturated rings. The number of amides is 1. The molecular weight excluding hydrogens is 524 g/mol. The Hall–Kier alpha value is -3.10. The summed E-state index contributed by atoms with van der Waals surface area (Å²) in [5.74, 6) is 1.64. The minimum absolute atomic E-state index is 0.271. The number of piperazine rings is 1. The van der Waals surface area contributed by atoms with Gasteiger partial charge in [0.1, 0.15) is 17.2 Å². The minimum Gasteiger partial charge on any atom is -0.444 e.